The molecule has 10 rings (SSSR count). The van der Waals surface area contributed by atoms with Crippen molar-refractivity contribution in [2.45, 2.75) is 5.41 Å². The Morgan fingerprint density at radius 1 is 0.435 bits per heavy atom. The lowest BCUT2D eigenvalue weighted by Crippen LogP contribution is -2.32. The predicted molar refractivity (Wildman–Crippen MR) is 186 cm³/mol. The largest absolute Gasteiger partial charge is 0.453 e. The highest BCUT2D eigenvalue weighted by Gasteiger charge is 2.52. The molecule has 0 amide bonds. The van der Waals surface area contributed by atoms with E-state index in [0.717, 1.165) is 61.6 Å². The average molecular weight is 590 g/mol. The quantitative estimate of drug-likeness (QED) is 0.205. The molecule has 1 aromatic heterocycles. The lowest BCUT2D eigenvalue weighted by Gasteiger charge is -2.39. The van der Waals surface area contributed by atoms with E-state index in [4.69, 9.17) is 9.15 Å². The molecule has 3 nitrogen and oxygen atoms in total. The van der Waals surface area contributed by atoms with Gasteiger partial charge in [0.25, 0.3) is 0 Å². The number of benzene rings is 7. The fraction of sp³-hybridized carbons (Fsp3) is 0.0233. The maximum Gasteiger partial charge on any atom is 0.178 e. The zero-order valence-corrected chi connectivity index (χ0v) is 24.9. The van der Waals surface area contributed by atoms with Crippen LogP contribution in [0.1, 0.15) is 22.3 Å². The van der Waals surface area contributed by atoms with E-state index in [1.54, 1.807) is 0 Å². The van der Waals surface area contributed by atoms with E-state index in [-0.39, 0.29) is 0 Å². The minimum absolute atomic E-state index is 0.613. The summed E-state index contributed by atoms with van der Waals surface area (Å²) in [5.74, 6) is 1.63. The van der Waals surface area contributed by atoms with E-state index >= 15 is 0 Å². The zero-order valence-electron chi connectivity index (χ0n) is 24.9. The lowest BCUT2D eigenvalue weighted by molar-refractivity contribution is 0.432. The molecule has 0 N–H and O–H groups in total. The highest BCUT2D eigenvalue weighted by molar-refractivity contribution is 6.08. The van der Waals surface area contributed by atoms with Gasteiger partial charge in [0.05, 0.1) is 5.41 Å². The summed E-state index contributed by atoms with van der Waals surface area (Å²) >= 11 is 0. The van der Waals surface area contributed by atoms with Gasteiger partial charge in [0, 0.05) is 39.0 Å². The van der Waals surface area contributed by atoms with Crippen molar-refractivity contribution in [3.8, 4) is 22.6 Å². The van der Waals surface area contributed by atoms with Crippen LogP contribution in [0, 0.1) is 0 Å². The van der Waals surface area contributed by atoms with Crippen LogP contribution in [0.15, 0.2) is 168 Å². The molecule has 1 atom stereocenters. The highest BCUT2D eigenvalue weighted by Crippen LogP contribution is 2.63. The van der Waals surface area contributed by atoms with Crippen LogP contribution in [0.25, 0.3) is 33.1 Å². The highest BCUT2D eigenvalue weighted by atomic mass is 16.5. The van der Waals surface area contributed by atoms with Crippen LogP contribution < -0.4 is 9.64 Å². The van der Waals surface area contributed by atoms with Crippen molar-refractivity contribution in [2.75, 3.05) is 4.90 Å². The number of ether oxygens (including phenoxy) is 1. The first-order chi connectivity index (χ1) is 22.8. The summed E-state index contributed by atoms with van der Waals surface area (Å²) in [6.45, 7) is 0. The Balaban J connectivity index is 1.32. The second-order valence-corrected chi connectivity index (χ2v) is 12.0. The molecule has 1 aliphatic carbocycles. The van der Waals surface area contributed by atoms with Gasteiger partial charge >= 0.3 is 0 Å². The normalized spacial score (nSPS) is 15.7. The molecule has 3 heteroatoms. The first kappa shape index (κ1) is 25.3. The molecule has 0 saturated heterocycles. The van der Waals surface area contributed by atoms with Gasteiger partial charge in [0.2, 0.25) is 0 Å². The van der Waals surface area contributed by atoms with E-state index in [1.807, 2.05) is 12.1 Å². The van der Waals surface area contributed by atoms with Crippen LogP contribution in [-0.4, -0.2) is 0 Å². The summed E-state index contributed by atoms with van der Waals surface area (Å²) in [7, 11) is 0. The number of anilines is 3. The maximum absolute atomic E-state index is 6.85. The number of rotatable bonds is 3. The number of para-hydroxylation sites is 4. The molecule has 0 bridgehead atoms. The van der Waals surface area contributed by atoms with Gasteiger partial charge in [-0.25, -0.2) is 0 Å². The molecular formula is C43H27NO2. The van der Waals surface area contributed by atoms with Crippen molar-refractivity contribution < 1.29 is 9.15 Å². The minimum Gasteiger partial charge on any atom is -0.453 e. The second-order valence-electron chi connectivity index (χ2n) is 12.0. The standard InChI is InChI=1S/C43H27NO2/c1-3-13-28(14-4-1)44(29-15-5-2-6-16-29)30-23-24-32-31-17-7-9-19-35(31)43(38(32)27-30)36-20-10-12-22-40(36)46-42-37(43)26-25-34-33-18-8-11-21-39(33)45-41(34)42/h1-27H. The SMILES string of the molecule is c1ccc(N(c2ccccc2)c2ccc3c(c2)C2(c4ccccc4Oc4c2ccc2c4oc4ccccc42)c2ccccc2-3)cc1. The molecule has 1 unspecified atom stereocenters. The first-order valence-electron chi connectivity index (χ1n) is 15.7. The molecule has 2 heterocycles. The van der Waals surface area contributed by atoms with Crippen LogP contribution in [0.2, 0.25) is 0 Å². The number of hydrogen-bond donors (Lipinski definition) is 0. The molecule has 8 aromatic rings. The number of nitrogens with zero attached hydrogens (tertiary/aromatic N) is 1. The smallest absolute Gasteiger partial charge is 0.178 e. The Hall–Kier alpha value is -6.06. The topological polar surface area (TPSA) is 25.6 Å². The fourth-order valence-corrected chi connectivity index (χ4v) is 7.87. The second kappa shape index (κ2) is 9.47. The molecule has 0 fully saturated rings. The molecule has 2 aliphatic rings. The average Bonchev–Trinajstić information content (AvgIpc) is 3.64. The summed E-state index contributed by atoms with van der Waals surface area (Å²) in [4.78, 5) is 2.34. The third kappa shape index (κ3) is 3.32. The van der Waals surface area contributed by atoms with Crippen molar-refractivity contribution in [3.05, 3.63) is 186 Å². The molecule has 216 valence electrons. The summed E-state index contributed by atoms with van der Waals surface area (Å²) < 4.78 is 13.4. The van der Waals surface area contributed by atoms with Gasteiger partial charge in [-0.1, -0.05) is 109 Å². The number of hydrogen-bond acceptors (Lipinski definition) is 3. The molecule has 46 heavy (non-hydrogen) atoms. The van der Waals surface area contributed by atoms with Gasteiger partial charge in [-0.05, 0) is 76.9 Å². The number of fused-ring (bicyclic) bond motifs is 13. The Kier molecular flexibility index (Phi) is 5.20. The fourth-order valence-electron chi connectivity index (χ4n) is 7.87. The summed E-state index contributed by atoms with van der Waals surface area (Å²) in [6, 6.07) is 58.2. The van der Waals surface area contributed by atoms with Crippen LogP contribution in [0.5, 0.6) is 11.5 Å². The van der Waals surface area contributed by atoms with E-state index in [9.17, 15) is 0 Å². The molecule has 1 spiro atoms. The summed E-state index contributed by atoms with van der Waals surface area (Å²) in [5, 5.41) is 2.15. The van der Waals surface area contributed by atoms with Gasteiger partial charge in [0.1, 0.15) is 11.3 Å². The van der Waals surface area contributed by atoms with Gasteiger partial charge in [-0.15, -0.1) is 0 Å². The Bertz CT molecular complexity index is 2420. The lowest BCUT2D eigenvalue weighted by atomic mass is 9.66. The first-order valence-corrected chi connectivity index (χ1v) is 15.7. The predicted octanol–water partition coefficient (Wildman–Crippen LogP) is 11.5. The van der Waals surface area contributed by atoms with Gasteiger partial charge < -0.3 is 14.1 Å². The molecular weight excluding hydrogens is 562 g/mol. The van der Waals surface area contributed by atoms with Crippen molar-refractivity contribution in [3.63, 3.8) is 0 Å². The Morgan fingerprint density at radius 2 is 1.09 bits per heavy atom. The van der Waals surface area contributed by atoms with Crippen molar-refractivity contribution in [1.82, 2.24) is 0 Å². The Morgan fingerprint density at radius 3 is 1.89 bits per heavy atom. The summed E-state index contributed by atoms with van der Waals surface area (Å²) in [6.07, 6.45) is 0. The third-order valence-corrected chi connectivity index (χ3v) is 9.72. The van der Waals surface area contributed by atoms with Gasteiger partial charge in [-0.3, -0.25) is 0 Å². The van der Waals surface area contributed by atoms with E-state index in [2.05, 4.69) is 157 Å². The van der Waals surface area contributed by atoms with Crippen LogP contribution in [0.4, 0.5) is 17.1 Å². The van der Waals surface area contributed by atoms with E-state index in [1.165, 1.54) is 22.3 Å². The molecule has 7 aromatic carbocycles. The van der Waals surface area contributed by atoms with Gasteiger partial charge in [-0.2, -0.15) is 0 Å². The molecule has 0 radical (unpaired) electrons. The van der Waals surface area contributed by atoms with E-state index in [0.29, 0.717) is 0 Å². The van der Waals surface area contributed by atoms with Crippen LogP contribution in [0.3, 0.4) is 0 Å². The minimum atomic E-state index is -0.613. The number of furan rings is 1. The van der Waals surface area contributed by atoms with Crippen molar-refractivity contribution >= 4 is 39.0 Å². The monoisotopic (exact) mass is 589 g/mol. The Labute approximate surface area is 266 Å². The zero-order chi connectivity index (χ0) is 30.2. The van der Waals surface area contributed by atoms with Crippen LogP contribution >= 0.6 is 0 Å². The summed E-state index contributed by atoms with van der Waals surface area (Å²) in [5.41, 5.74) is 11.5. The van der Waals surface area contributed by atoms with Crippen LogP contribution in [-0.2, 0) is 5.41 Å². The van der Waals surface area contributed by atoms with Crippen molar-refractivity contribution in [2.24, 2.45) is 0 Å². The molecule has 0 saturated carbocycles. The maximum atomic E-state index is 6.85. The molecule has 1 aliphatic heterocycles. The van der Waals surface area contributed by atoms with E-state index < -0.39 is 5.41 Å². The van der Waals surface area contributed by atoms with Gasteiger partial charge in [0.15, 0.2) is 11.3 Å². The van der Waals surface area contributed by atoms with Crippen molar-refractivity contribution in [1.29, 1.82) is 0 Å². The third-order valence-electron chi connectivity index (χ3n) is 9.72.